The largest absolute Gasteiger partial charge is 0.380 e. The molecule has 5 rings (SSSR count). The molecule has 2 atom stereocenters. The quantitative estimate of drug-likeness (QED) is 0.658. The third-order valence-electron chi connectivity index (χ3n) is 5.11. The highest BCUT2D eigenvalue weighted by Gasteiger charge is 2.56. The van der Waals surface area contributed by atoms with Gasteiger partial charge in [-0.1, -0.05) is 66.4 Å². The van der Waals surface area contributed by atoms with Crippen molar-refractivity contribution in [2.45, 2.75) is 32.0 Å². The molecular weight excluding hydrogens is 344 g/mol. The van der Waals surface area contributed by atoms with Crippen molar-refractivity contribution < 1.29 is 5.11 Å². The Kier molecular flexibility index (Phi) is 3.70. The van der Waals surface area contributed by atoms with Crippen molar-refractivity contribution >= 4 is 23.5 Å². The summed E-state index contributed by atoms with van der Waals surface area (Å²) in [7, 11) is 0. The van der Waals surface area contributed by atoms with Gasteiger partial charge < -0.3 is 5.11 Å². The minimum absolute atomic E-state index is 0.251. The Labute approximate surface area is 156 Å². The Bertz CT molecular complexity index is 877. The van der Waals surface area contributed by atoms with Crippen LogP contribution < -0.4 is 0 Å². The van der Waals surface area contributed by atoms with Crippen LogP contribution in [0, 0.1) is 5.92 Å². The second kappa shape index (κ2) is 5.94. The third-order valence-corrected chi connectivity index (χ3v) is 7.63. The number of hydrogen-bond donors (Lipinski definition) is 1. The normalized spacial score (nSPS) is 22.8. The molecule has 1 fully saturated rings. The number of rotatable bonds is 3. The molecule has 0 saturated heterocycles. The van der Waals surface area contributed by atoms with Crippen LogP contribution in [-0.2, 0) is 5.60 Å². The van der Waals surface area contributed by atoms with E-state index in [9.17, 15) is 5.11 Å². The van der Waals surface area contributed by atoms with Crippen LogP contribution in [0.5, 0.6) is 0 Å². The molecule has 3 heteroatoms. The fraction of sp³-hybridized carbons (Fsp3) is 0.182. The summed E-state index contributed by atoms with van der Waals surface area (Å²) in [5.41, 5.74) is 1.25. The van der Waals surface area contributed by atoms with E-state index < -0.39 is 5.60 Å². The standard InChI is InChI=1S/C22H18OS2/c23-22(18-14-21(18)24-15-8-2-1-3-9-15)16-10-4-6-12-19(16)25-20-13-7-5-11-17(20)22/h1-13,18,21,23H,14H2. The number of hydrogen-bond acceptors (Lipinski definition) is 3. The van der Waals surface area contributed by atoms with E-state index in [-0.39, 0.29) is 5.92 Å². The van der Waals surface area contributed by atoms with E-state index >= 15 is 0 Å². The molecule has 25 heavy (non-hydrogen) atoms. The Hall–Kier alpha value is -1.68. The molecule has 0 bridgehead atoms. The van der Waals surface area contributed by atoms with Crippen LogP contribution in [0.25, 0.3) is 0 Å². The molecule has 0 spiro atoms. The van der Waals surface area contributed by atoms with Crippen LogP contribution in [-0.4, -0.2) is 10.4 Å². The summed E-state index contributed by atoms with van der Waals surface area (Å²) in [5.74, 6) is 0.251. The SMILES string of the molecule is OC1(C2CC2Sc2ccccc2)c2ccccc2Sc2ccccc21. The Morgan fingerprint density at radius 2 is 1.36 bits per heavy atom. The van der Waals surface area contributed by atoms with Crippen LogP contribution >= 0.6 is 23.5 Å². The molecule has 3 aromatic carbocycles. The maximum Gasteiger partial charge on any atom is 0.121 e. The number of aliphatic hydroxyl groups is 1. The van der Waals surface area contributed by atoms with Crippen molar-refractivity contribution in [2.75, 3.05) is 0 Å². The Morgan fingerprint density at radius 1 is 0.800 bits per heavy atom. The number of benzene rings is 3. The second-order valence-corrected chi connectivity index (χ2v) is 9.07. The maximum absolute atomic E-state index is 11.9. The van der Waals surface area contributed by atoms with Crippen molar-refractivity contribution in [1.29, 1.82) is 0 Å². The summed E-state index contributed by atoms with van der Waals surface area (Å²) in [6.07, 6.45) is 1.05. The fourth-order valence-corrected chi connectivity index (χ4v) is 6.35. The zero-order chi connectivity index (χ0) is 16.9. The predicted molar refractivity (Wildman–Crippen MR) is 104 cm³/mol. The Balaban J connectivity index is 1.54. The van der Waals surface area contributed by atoms with Crippen LogP contribution in [0.15, 0.2) is 93.5 Å². The minimum atomic E-state index is -0.884. The summed E-state index contributed by atoms with van der Waals surface area (Å²) in [4.78, 5) is 3.64. The van der Waals surface area contributed by atoms with Gasteiger partial charge in [0.15, 0.2) is 0 Å². The fourth-order valence-electron chi connectivity index (χ4n) is 3.82. The van der Waals surface area contributed by atoms with E-state index in [1.54, 1.807) is 11.8 Å². The highest BCUT2D eigenvalue weighted by atomic mass is 32.2. The van der Waals surface area contributed by atoms with Crippen LogP contribution in [0.3, 0.4) is 0 Å². The van der Waals surface area contributed by atoms with E-state index in [0.29, 0.717) is 5.25 Å². The molecular formula is C22H18OS2. The van der Waals surface area contributed by atoms with Crippen molar-refractivity contribution in [3.05, 3.63) is 90.0 Å². The summed E-state index contributed by atoms with van der Waals surface area (Å²) in [6, 6.07) is 27.2. The highest BCUT2D eigenvalue weighted by Crippen LogP contribution is 2.61. The molecule has 0 radical (unpaired) electrons. The lowest BCUT2D eigenvalue weighted by molar-refractivity contribution is 0.0505. The van der Waals surface area contributed by atoms with E-state index in [1.807, 2.05) is 30.0 Å². The van der Waals surface area contributed by atoms with Gasteiger partial charge >= 0.3 is 0 Å². The van der Waals surface area contributed by atoms with Crippen LogP contribution in [0.2, 0.25) is 0 Å². The summed E-state index contributed by atoms with van der Waals surface area (Å²) >= 11 is 3.66. The summed E-state index contributed by atoms with van der Waals surface area (Å²) < 4.78 is 0. The molecule has 1 N–H and O–H groups in total. The first kappa shape index (κ1) is 15.6. The van der Waals surface area contributed by atoms with Crippen molar-refractivity contribution in [3.63, 3.8) is 0 Å². The van der Waals surface area contributed by atoms with Gasteiger partial charge in [-0.15, -0.1) is 11.8 Å². The molecule has 1 aliphatic carbocycles. The molecule has 124 valence electrons. The van der Waals surface area contributed by atoms with E-state index in [0.717, 1.165) is 17.5 Å². The smallest absolute Gasteiger partial charge is 0.121 e. The lowest BCUT2D eigenvalue weighted by Gasteiger charge is -2.36. The highest BCUT2D eigenvalue weighted by molar-refractivity contribution is 8.00. The molecule has 1 saturated carbocycles. The minimum Gasteiger partial charge on any atom is -0.380 e. The molecule has 2 aliphatic rings. The maximum atomic E-state index is 11.9. The summed E-state index contributed by atoms with van der Waals surface area (Å²) in [6.45, 7) is 0. The first-order chi connectivity index (χ1) is 12.3. The van der Waals surface area contributed by atoms with Gasteiger partial charge in [-0.05, 0) is 30.7 Å². The molecule has 1 aliphatic heterocycles. The first-order valence-electron chi connectivity index (χ1n) is 8.58. The predicted octanol–water partition coefficient (Wildman–Crippen LogP) is 5.57. The first-order valence-corrected chi connectivity index (χ1v) is 10.3. The number of fused-ring (bicyclic) bond motifs is 2. The van der Waals surface area contributed by atoms with Gasteiger partial charge in [-0.25, -0.2) is 0 Å². The van der Waals surface area contributed by atoms with Gasteiger partial charge in [0.05, 0.1) is 0 Å². The Morgan fingerprint density at radius 3 is 2.00 bits per heavy atom. The average molecular weight is 363 g/mol. The third kappa shape index (κ3) is 2.53. The molecule has 3 aromatic rings. The van der Waals surface area contributed by atoms with Gasteiger partial charge in [-0.3, -0.25) is 0 Å². The van der Waals surface area contributed by atoms with Crippen molar-refractivity contribution in [3.8, 4) is 0 Å². The lowest BCUT2D eigenvalue weighted by atomic mass is 9.81. The van der Waals surface area contributed by atoms with Crippen LogP contribution in [0.4, 0.5) is 0 Å². The molecule has 2 unspecified atom stereocenters. The van der Waals surface area contributed by atoms with Crippen molar-refractivity contribution in [2.24, 2.45) is 5.92 Å². The van der Waals surface area contributed by atoms with Gasteiger partial charge in [0.25, 0.3) is 0 Å². The van der Waals surface area contributed by atoms with Gasteiger partial charge in [0.1, 0.15) is 5.60 Å². The van der Waals surface area contributed by atoms with Gasteiger partial charge in [0, 0.05) is 37.0 Å². The van der Waals surface area contributed by atoms with Gasteiger partial charge in [0.2, 0.25) is 0 Å². The summed E-state index contributed by atoms with van der Waals surface area (Å²) in [5, 5.41) is 12.4. The van der Waals surface area contributed by atoms with E-state index in [1.165, 1.54) is 14.7 Å². The van der Waals surface area contributed by atoms with E-state index in [2.05, 4.69) is 60.7 Å². The molecule has 0 aromatic heterocycles. The van der Waals surface area contributed by atoms with Gasteiger partial charge in [-0.2, -0.15) is 0 Å². The zero-order valence-electron chi connectivity index (χ0n) is 13.6. The topological polar surface area (TPSA) is 20.2 Å². The zero-order valence-corrected chi connectivity index (χ0v) is 15.3. The average Bonchev–Trinajstić information content (AvgIpc) is 3.43. The van der Waals surface area contributed by atoms with Crippen molar-refractivity contribution in [1.82, 2.24) is 0 Å². The van der Waals surface area contributed by atoms with E-state index in [4.69, 9.17) is 0 Å². The second-order valence-electron chi connectivity index (χ2n) is 6.67. The molecule has 1 heterocycles. The number of thioether (sulfide) groups is 1. The molecule has 1 nitrogen and oxygen atoms in total. The molecule has 0 amide bonds. The van der Waals surface area contributed by atoms with Crippen LogP contribution in [0.1, 0.15) is 17.5 Å². The lowest BCUT2D eigenvalue weighted by Crippen LogP contribution is -2.34. The monoisotopic (exact) mass is 362 g/mol.